The van der Waals surface area contributed by atoms with Crippen LogP contribution in [-0.2, 0) is 9.47 Å². The number of rotatable bonds is 4. The molecular weight excluding hydrogens is 348 g/mol. The molecule has 26 heavy (non-hydrogen) atoms. The number of amides is 1. The number of hydrogen-bond donors (Lipinski definition) is 0. The summed E-state index contributed by atoms with van der Waals surface area (Å²) in [5.41, 5.74) is -1.35. The average molecular weight is 373 g/mol. The van der Waals surface area contributed by atoms with E-state index in [1.807, 2.05) is 0 Å². The molecule has 146 valence electrons. The molecule has 1 aliphatic rings. The Hall–Kier alpha value is -2.19. The number of ether oxygens (including phenoxy) is 2. The Labute approximate surface area is 151 Å². The van der Waals surface area contributed by atoms with E-state index in [9.17, 15) is 18.4 Å². The van der Waals surface area contributed by atoms with E-state index in [4.69, 9.17) is 9.47 Å². The summed E-state index contributed by atoms with van der Waals surface area (Å²) >= 11 is 0. The fraction of sp³-hybridized carbons (Fsp3) is 0.706. The van der Waals surface area contributed by atoms with Gasteiger partial charge in [0.2, 0.25) is 0 Å². The molecule has 0 aliphatic carbocycles. The van der Waals surface area contributed by atoms with Gasteiger partial charge in [0.1, 0.15) is 16.9 Å². The lowest BCUT2D eigenvalue weighted by atomic mass is 10.1. The number of esters is 1. The number of halogens is 2. The van der Waals surface area contributed by atoms with Crippen LogP contribution >= 0.6 is 0 Å². The minimum atomic E-state index is -2.88. The minimum absolute atomic E-state index is 0.0859. The van der Waals surface area contributed by atoms with Crippen molar-refractivity contribution in [2.45, 2.75) is 58.6 Å². The van der Waals surface area contributed by atoms with Gasteiger partial charge in [0, 0.05) is 13.1 Å². The molecule has 0 bridgehead atoms. The molecule has 1 atom stereocenters. The Morgan fingerprint density at radius 1 is 1.38 bits per heavy atom. The first-order chi connectivity index (χ1) is 12.1. The predicted octanol–water partition coefficient (Wildman–Crippen LogP) is 3.57. The number of nitrogens with zero attached hydrogens (tertiary/aromatic N) is 3. The Kier molecular flexibility index (Phi) is 6.20. The van der Waals surface area contributed by atoms with Gasteiger partial charge >= 0.3 is 12.1 Å². The van der Waals surface area contributed by atoms with E-state index in [0.717, 1.165) is 10.9 Å². The zero-order chi connectivity index (χ0) is 19.5. The lowest BCUT2D eigenvalue weighted by molar-refractivity contribution is 0.0159. The van der Waals surface area contributed by atoms with Crippen LogP contribution in [0.2, 0.25) is 0 Å². The van der Waals surface area contributed by atoms with Crippen molar-refractivity contribution < 1.29 is 27.8 Å². The van der Waals surface area contributed by atoms with Crippen LogP contribution in [0.1, 0.15) is 69.1 Å². The molecule has 0 saturated carbocycles. The van der Waals surface area contributed by atoms with Gasteiger partial charge < -0.3 is 14.4 Å². The summed E-state index contributed by atoms with van der Waals surface area (Å²) < 4.78 is 38.5. The SMILES string of the molecule is CCOC(=O)c1cnn(C2CCCN(C(=O)OC(C)(C)C)C2)c1C(F)F. The maximum absolute atomic E-state index is 13.6. The highest BCUT2D eigenvalue weighted by atomic mass is 19.3. The van der Waals surface area contributed by atoms with Crippen LogP contribution in [0.15, 0.2) is 6.20 Å². The second-order valence-corrected chi connectivity index (χ2v) is 7.13. The molecule has 2 rings (SSSR count). The first-order valence-electron chi connectivity index (χ1n) is 8.64. The van der Waals surface area contributed by atoms with Crippen LogP contribution in [0.5, 0.6) is 0 Å². The van der Waals surface area contributed by atoms with Crippen LogP contribution < -0.4 is 0 Å². The van der Waals surface area contributed by atoms with Crippen molar-refractivity contribution >= 4 is 12.1 Å². The molecule has 1 saturated heterocycles. The second-order valence-electron chi connectivity index (χ2n) is 7.13. The summed E-state index contributed by atoms with van der Waals surface area (Å²) in [6, 6.07) is -0.455. The average Bonchev–Trinajstić information content (AvgIpc) is 2.99. The number of hydrogen-bond acceptors (Lipinski definition) is 5. The van der Waals surface area contributed by atoms with Gasteiger partial charge in [0.05, 0.1) is 18.8 Å². The molecular formula is C17H25F2N3O4. The molecule has 2 heterocycles. The Balaban J connectivity index is 2.22. The number of likely N-dealkylation sites (tertiary alicyclic amines) is 1. The van der Waals surface area contributed by atoms with Crippen molar-refractivity contribution in [3.8, 4) is 0 Å². The number of carbonyl (C=O) groups is 2. The number of carbonyl (C=O) groups excluding carboxylic acids is 2. The van der Waals surface area contributed by atoms with E-state index >= 15 is 0 Å². The van der Waals surface area contributed by atoms with Gasteiger partial charge in [-0.15, -0.1) is 0 Å². The minimum Gasteiger partial charge on any atom is -0.462 e. The molecule has 7 nitrogen and oxygen atoms in total. The van der Waals surface area contributed by atoms with Crippen LogP contribution in [0.25, 0.3) is 0 Å². The van der Waals surface area contributed by atoms with Gasteiger partial charge in [-0.1, -0.05) is 0 Å². The molecule has 1 unspecified atom stereocenters. The van der Waals surface area contributed by atoms with Crippen molar-refractivity contribution in [2.75, 3.05) is 19.7 Å². The van der Waals surface area contributed by atoms with E-state index in [0.29, 0.717) is 19.4 Å². The number of piperidine rings is 1. The van der Waals surface area contributed by atoms with E-state index in [1.54, 1.807) is 27.7 Å². The standard InChI is InChI=1S/C17H25F2N3O4/c1-5-25-15(23)12-9-20-22(13(12)14(18)19)11-7-6-8-21(10-11)16(24)26-17(2,3)4/h9,11,14H,5-8,10H2,1-4H3. The zero-order valence-electron chi connectivity index (χ0n) is 15.5. The molecule has 0 spiro atoms. The number of alkyl halides is 2. The lowest BCUT2D eigenvalue weighted by Gasteiger charge is -2.34. The molecule has 9 heteroatoms. The molecule has 0 radical (unpaired) electrons. The van der Waals surface area contributed by atoms with Crippen LogP contribution in [0.4, 0.5) is 13.6 Å². The monoisotopic (exact) mass is 373 g/mol. The normalized spacial score (nSPS) is 18.1. The first-order valence-corrected chi connectivity index (χ1v) is 8.64. The highest BCUT2D eigenvalue weighted by Crippen LogP contribution is 2.30. The maximum Gasteiger partial charge on any atom is 0.410 e. The van der Waals surface area contributed by atoms with E-state index in [-0.39, 0.29) is 18.7 Å². The molecule has 1 amide bonds. The first kappa shape index (κ1) is 20.1. The van der Waals surface area contributed by atoms with Gasteiger partial charge in [0.15, 0.2) is 0 Å². The van der Waals surface area contributed by atoms with Gasteiger partial charge in [-0.25, -0.2) is 18.4 Å². The van der Waals surface area contributed by atoms with Crippen molar-refractivity contribution in [3.05, 3.63) is 17.5 Å². The van der Waals surface area contributed by atoms with Crippen molar-refractivity contribution in [2.24, 2.45) is 0 Å². The second kappa shape index (κ2) is 8.01. The van der Waals surface area contributed by atoms with E-state index in [2.05, 4.69) is 5.10 Å². The maximum atomic E-state index is 13.6. The Morgan fingerprint density at radius 3 is 2.65 bits per heavy atom. The molecule has 0 N–H and O–H groups in total. The highest BCUT2D eigenvalue weighted by molar-refractivity contribution is 5.90. The topological polar surface area (TPSA) is 73.7 Å². The van der Waals surface area contributed by atoms with Crippen LogP contribution in [-0.4, -0.2) is 52.0 Å². The Morgan fingerprint density at radius 2 is 2.08 bits per heavy atom. The molecule has 1 aromatic heterocycles. The smallest absolute Gasteiger partial charge is 0.410 e. The van der Waals surface area contributed by atoms with Gasteiger partial charge in [0.25, 0.3) is 6.43 Å². The fourth-order valence-electron chi connectivity index (χ4n) is 2.89. The van der Waals surface area contributed by atoms with Crippen LogP contribution in [0, 0.1) is 0 Å². The van der Waals surface area contributed by atoms with Gasteiger partial charge in [-0.2, -0.15) is 5.10 Å². The molecule has 0 aromatic carbocycles. The van der Waals surface area contributed by atoms with Crippen molar-refractivity contribution in [1.82, 2.24) is 14.7 Å². The van der Waals surface area contributed by atoms with Gasteiger partial charge in [-0.05, 0) is 40.5 Å². The van der Waals surface area contributed by atoms with Gasteiger partial charge in [-0.3, -0.25) is 4.68 Å². The highest BCUT2D eigenvalue weighted by Gasteiger charge is 2.33. The van der Waals surface area contributed by atoms with Crippen molar-refractivity contribution in [1.29, 1.82) is 0 Å². The zero-order valence-corrected chi connectivity index (χ0v) is 15.5. The summed E-state index contributed by atoms with van der Waals surface area (Å²) in [4.78, 5) is 25.6. The van der Waals surface area contributed by atoms with Crippen LogP contribution in [0.3, 0.4) is 0 Å². The summed E-state index contributed by atoms with van der Waals surface area (Å²) in [5.74, 6) is -0.825. The Bertz CT molecular complexity index is 655. The fourth-order valence-corrected chi connectivity index (χ4v) is 2.89. The summed E-state index contributed by atoms with van der Waals surface area (Å²) in [7, 11) is 0. The third-order valence-electron chi connectivity index (χ3n) is 3.93. The summed E-state index contributed by atoms with van der Waals surface area (Å²) in [6.45, 7) is 7.66. The van der Waals surface area contributed by atoms with E-state index < -0.39 is 35.8 Å². The predicted molar refractivity (Wildman–Crippen MR) is 89.2 cm³/mol. The number of aromatic nitrogens is 2. The molecule has 1 aromatic rings. The largest absolute Gasteiger partial charge is 0.462 e. The summed E-state index contributed by atoms with van der Waals surface area (Å²) in [6.07, 6.45) is -1.07. The molecule has 1 aliphatic heterocycles. The quantitative estimate of drug-likeness (QED) is 0.755. The molecule has 1 fully saturated rings. The third kappa shape index (κ3) is 4.70. The van der Waals surface area contributed by atoms with Crippen molar-refractivity contribution in [3.63, 3.8) is 0 Å². The summed E-state index contributed by atoms with van der Waals surface area (Å²) in [5, 5.41) is 3.99. The lowest BCUT2D eigenvalue weighted by Crippen LogP contribution is -2.43. The van der Waals surface area contributed by atoms with E-state index in [1.165, 1.54) is 4.90 Å². The third-order valence-corrected chi connectivity index (χ3v) is 3.93.